The van der Waals surface area contributed by atoms with Gasteiger partial charge < -0.3 is 10.2 Å². The van der Waals surface area contributed by atoms with E-state index in [1.807, 2.05) is 28.8 Å². The molecule has 0 bridgehead atoms. The fourth-order valence-corrected chi connectivity index (χ4v) is 3.36. The molecular formula is C15H23N3OS. The number of thioether (sulfide) groups is 1. The van der Waals surface area contributed by atoms with Crippen molar-refractivity contribution in [3.05, 3.63) is 24.0 Å². The highest BCUT2D eigenvalue weighted by atomic mass is 32.2. The van der Waals surface area contributed by atoms with E-state index < -0.39 is 0 Å². The number of amides is 1. The van der Waals surface area contributed by atoms with Crippen LogP contribution in [0.15, 0.2) is 18.3 Å². The lowest BCUT2D eigenvalue weighted by atomic mass is 10.1. The second-order valence-electron chi connectivity index (χ2n) is 5.69. The van der Waals surface area contributed by atoms with Gasteiger partial charge in [-0.2, -0.15) is 11.8 Å². The van der Waals surface area contributed by atoms with Crippen molar-refractivity contribution in [3.63, 3.8) is 0 Å². The van der Waals surface area contributed by atoms with Crippen LogP contribution in [-0.2, 0) is 0 Å². The number of hydrogen-bond acceptors (Lipinski definition) is 4. The van der Waals surface area contributed by atoms with Gasteiger partial charge in [0.1, 0.15) is 5.69 Å². The number of aromatic nitrogens is 1. The summed E-state index contributed by atoms with van der Waals surface area (Å²) < 4.78 is 0.135. The van der Waals surface area contributed by atoms with Gasteiger partial charge in [0.15, 0.2) is 0 Å². The molecule has 1 saturated heterocycles. The van der Waals surface area contributed by atoms with Crippen molar-refractivity contribution < 1.29 is 4.79 Å². The molecule has 1 aliphatic heterocycles. The Bertz CT molecular complexity index is 459. The summed E-state index contributed by atoms with van der Waals surface area (Å²) in [4.78, 5) is 18.7. The highest BCUT2D eigenvalue weighted by Crippen LogP contribution is 2.30. The van der Waals surface area contributed by atoms with Gasteiger partial charge in [-0.15, -0.1) is 0 Å². The topological polar surface area (TPSA) is 45.2 Å². The molecular weight excluding hydrogens is 270 g/mol. The van der Waals surface area contributed by atoms with E-state index in [1.165, 1.54) is 0 Å². The Hall–Kier alpha value is -1.23. The first-order chi connectivity index (χ1) is 9.52. The Morgan fingerprint density at radius 2 is 2.30 bits per heavy atom. The summed E-state index contributed by atoms with van der Waals surface area (Å²) in [6.45, 7) is 9.00. The standard InChI is InChI=1S/C15H23N3OS/c1-4-7-16-12-5-6-13(17-10-12)14(19)18-8-9-20-15(2,3)11-18/h5-6,10,16H,4,7-9,11H2,1-3H3. The molecule has 1 N–H and O–H groups in total. The first-order valence-electron chi connectivity index (χ1n) is 7.15. The van der Waals surface area contributed by atoms with Crippen LogP contribution in [0.1, 0.15) is 37.7 Å². The molecule has 0 atom stereocenters. The molecule has 0 aromatic carbocycles. The molecule has 0 saturated carbocycles. The Kier molecular flexibility index (Phi) is 4.91. The van der Waals surface area contributed by atoms with Gasteiger partial charge in [0.05, 0.1) is 11.9 Å². The van der Waals surface area contributed by atoms with Crippen LogP contribution in [0.25, 0.3) is 0 Å². The lowest BCUT2D eigenvalue weighted by Crippen LogP contribution is -2.46. The van der Waals surface area contributed by atoms with Crippen molar-refractivity contribution in [2.24, 2.45) is 0 Å². The minimum atomic E-state index is 0.0421. The molecule has 4 nitrogen and oxygen atoms in total. The van der Waals surface area contributed by atoms with Crippen LogP contribution in [0, 0.1) is 0 Å². The maximum Gasteiger partial charge on any atom is 0.272 e. The molecule has 1 fully saturated rings. The number of hydrogen-bond donors (Lipinski definition) is 1. The fourth-order valence-electron chi connectivity index (χ4n) is 2.25. The van der Waals surface area contributed by atoms with E-state index in [1.54, 1.807) is 6.20 Å². The molecule has 1 aromatic heterocycles. The molecule has 110 valence electrons. The average molecular weight is 293 g/mol. The summed E-state index contributed by atoms with van der Waals surface area (Å²) in [6.07, 6.45) is 2.81. The molecule has 0 unspecified atom stereocenters. The number of rotatable bonds is 4. The molecule has 1 aromatic rings. The minimum absolute atomic E-state index is 0.0421. The van der Waals surface area contributed by atoms with Crippen molar-refractivity contribution in [2.45, 2.75) is 31.9 Å². The van der Waals surface area contributed by atoms with E-state index in [9.17, 15) is 4.79 Å². The van der Waals surface area contributed by atoms with Gasteiger partial charge in [0.25, 0.3) is 5.91 Å². The number of nitrogens with zero attached hydrogens (tertiary/aromatic N) is 2. The Labute approximate surface area is 125 Å². The number of nitrogens with one attached hydrogen (secondary N) is 1. The van der Waals surface area contributed by atoms with Crippen LogP contribution in [-0.4, -0.2) is 45.9 Å². The number of anilines is 1. The fraction of sp³-hybridized carbons (Fsp3) is 0.600. The van der Waals surface area contributed by atoms with Crippen molar-refractivity contribution >= 4 is 23.4 Å². The molecule has 2 rings (SSSR count). The highest BCUT2D eigenvalue weighted by molar-refractivity contribution is 8.00. The largest absolute Gasteiger partial charge is 0.384 e. The minimum Gasteiger partial charge on any atom is -0.384 e. The Morgan fingerprint density at radius 1 is 1.50 bits per heavy atom. The second-order valence-corrected chi connectivity index (χ2v) is 7.50. The molecule has 1 amide bonds. The normalized spacial score (nSPS) is 17.9. The molecule has 0 aliphatic carbocycles. The highest BCUT2D eigenvalue weighted by Gasteiger charge is 2.30. The third kappa shape index (κ3) is 3.88. The molecule has 2 heterocycles. The van der Waals surface area contributed by atoms with Crippen molar-refractivity contribution in [1.82, 2.24) is 9.88 Å². The van der Waals surface area contributed by atoms with Gasteiger partial charge in [-0.1, -0.05) is 6.92 Å². The predicted octanol–water partition coefficient (Wildman–Crippen LogP) is 2.87. The number of pyridine rings is 1. The van der Waals surface area contributed by atoms with Crippen LogP contribution >= 0.6 is 11.8 Å². The van der Waals surface area contributed by atoms with E-state index in [0.717, 1.165) is 37.5 Å². The van der Waals surface area contributed by atoms with Crippen LogP contribution in [0.3, 0.4) is 0 Å². The molecule has 5 heteroatoms. The molecule has 1 aliphatic rings. The summed E-state index contributed by atoms with van der Waals surface area (Å²) in [5.74, 6) is 1.04. The second kappa shape index (κ2) is 6.48. The van der Waals surface area contributed by atoms with E-state index in [4.69, 9.17) is 0 Å². The van der Waals surface area contributed by atoms with Gasteiger partial charge >= 0.3 is 0 Å². The first-order valence-corrected chi connectivity index (χ1v) is 8.13. The average Bonchev–Trinajstić information content (AvgIpc) is 2.44. The van der Waals surface area contributed by atoms with Gasteiger partial charge in [-0.25, -0.2) is 4.98 Å². The summed E-state index contributed by atoms with van der Waals surface area (Å²) >= 11 is 1.92. The summed E-state index contributed by atoms with van der Waals surface area (Å²) in [7, 11) is 0. The zero-order valence-corrected chi connectivity index (χ0v) is 13.3. The van der Waals surface area contributed by atoms with Gasteiger partial charge in [-0.05, 0) is 32.4 Å². The lowest BCUT2D eigenvalue weighted by Gasteiger charge is -2.37. The van der Waals surface area contributed by atoms with Crippen LogP contribution in [0.4, 0.5) is 5.69 Å². The monoisotopic (exact) mass is 293 g/mol. The Morgan fingerprint density at radius 3 is 2.90 bits per heavy atom. The summed E-state index contributed by atoms with van der Waals surface area (Å²) in [6, 6.07) is 3.74. The predicted molar refractivity (Wildman–Crippen MR) is 85.5 cm³/mol. The van der Waals surface area contributed by atoms with E-state index in [-0.39, 0.29) is 10.7 Å². The van der Waals surface area contributed by atoms with Crippen LogP contribution < -0.4 is 5.32 Å². The third-order valence-electron chi connectivity index (χ3n) is 3.27. The summed E-state index contributed by atoms with van der Waals surface area (Å²) in [5, 5.41) is 3.26. The Balaban J connectivity index is 2.01. The molecule has 20 heavy (non-hydrogen) atoms. The van der Waals surface area contributed by atoms with Crippen molar-refractivity contribution in [3.8, 4) is 0 Å². The van der Waals surface area contributed by atoms with E-state index in [0.29, 0.717) is 5.69 Å². The maximum atomic E-state index is 12.4. The number of carbonyl (C=O) groups excluding carboxylic acids is 1. The SMILES string of the molecule is CCCNc1ccc(C(=O)N2CCSC(C)(C)C2)nc1. The van der Waals surface area contributed by atoms with Gasteiger partial charge in [0, 0.05) is 30.1 Å². The van der Waals surface area contributed by atoms with Gasteiger partial charge in [-0.3, -0.25) is 4.79 Å². The summed E-state index contributed by atoms with van der Waals surface area (Å²) in [5.41, 5.74) is 1.51. The third-order valence-corrected chi connectivity index (χ3v) is 4.57. The van der Waals surface area contributed by atoms with Gasteiger partial charge in [0.2, 0.25) is 0 Å². The first kappa shape index (κ1) is 15.2. The van der Waals surface area contributed by atoms with Crippen molar-refractivity contribution in [1.29, 1.82) is 0 Å². The van der Waals surface area contributed by atoms with Crippen LogP contribution in [0.2, 0.25) is 0 Å². The maximum absolute atomic E-state index is 12.4. The quantitative estimate of drug-likeness (QED) is 0.927. The zero-order chi connectivity index (χ0) is 14.6. The number of carbonyl (C=O) groups is 1. The molecule has 0 spiro atoms. The van der Waals surface area contributed by atoms with Crippen LogP contribution in [0.5, 0.6) is 0 Å². The smallest absolute Gasteiger partial charge is 0.272 e. The van der Waals surface area contributed by atoms with E-state index in [2.05, 4.69) is 31.1 Å². The zero-order valence-electron chi connectivity index (χ0n) is 12.5. The van der Waals surface area contributed by atoms with E-state index >= 15 is 0 Å². The molecule has 0 radical (unpaired) electrons. The van der Waals surface area contributed by atoms with Crippen molar-refractivity contribution in [2.75, 3.05) is 30.7 Å². The lowest BCUT2D eigenvalue weighted by molar-refractivity contribution is 0.0742.